The number of ether oxygens (including phenoxy) is 2. The molecule has 7 rings (SSSR count). The summed E-state index contributed by atoms with van der Waals surface area (Å²) in [7, 11) is 3.30. The highest BCUT2D eigenvalue weighted by atomic mass is 16.5. The van der Waals surface area contributed by atoms with Crippen LogP contribution in [-0.2, 0) is 29.1 Å². The number of rotatable bonds is 7. The average Bonchev–Trinajstić information content (AvgIpc) is 3.05. The van der Waals surface area contributed by atoms with Crippen LogP contribution in [0.5, 0.6) is 11.5 Å². The molecule has 0 fully saturated rings. The van der Waals surface area contributed by atoms with Crippen molar-refractivity contribution < 1.29 is 19.7 Å². The smallest absolute Gasteiger partial charge is 0.128 e. The lowest BCUT2D eigenvalue weighted by Gasteiger charge is -2.21. The predicted octanol–water partition coefficient (Wildman–Crippen LogP) is 9.26. The van der Waals surface area contributed by atoms with Crippen LogP contribution in [0.3, 0.4) is 0 Å². The maximum atomic E-state index is 11.1. The molecule has 0 saturated carbocycles. The lowest BCUT2D eigenvalue weighted by molar-refractivity contribution is 0.182. The maximum absolute atomic E-state index is 11.1. The van der Waals surface area contributed by atoms with Gasteiger partial charge >= 0.3 is 0 Å². The molecule has 0 amide bonds. The minimum atomic E-state index is 0.262. The first-order chi connectivity index (χ1) is 21.1. The molecule has 0 saturated heterocycles. The minimum absolute atomic E-state index is 0.262. The van der Waals surface area contributed by atoms with E-state index >= 15 is 0 Å². The van der Waals surface area contributed by atoms with Crippen molar-refractivity contribution in [3.05, 3.63) is 131 Å². The zero-order chi connectivity index (χ0) is 29.5. The first-order valence-electron chi connectivity index (χ1n) is 14.5. The van der Waals surface area contributed by atoms with E-state index in [2.05, 4.69) is 72.8 Å². The molecule has 0 heterocycles. The minimum Gasteiger partial charge on any atom is -0.507 e. The van der Waals surface area contributed by atoms with Gasteiger partial charge in [0, 0.05) is 36.1 Å². The van der Waals surface area contributed by atoms with Gasteiger partial charge in [0.1, 0.15) is 11.5 Å². The number of hydrogen-bond donors (Lipinski definition) is 2. The Morgan fingerprint density at radius 1 is 0.465 bits per heavy atom. The Morgan fingerprint density at radius 3 is 1.42 bits per heavy atom. The van der Waals surface area contributed by atoms with Gasteiger partial charge in [0.15, 0.2) is 0 Å². The Kier molecular flexibility index (Phi) is 6.94. The summed E-state index contributed by atoms with van der Waals surface area (Å²) < 4.78 is 10.9. The van der Waals surface area contributed by atoms with Crippen LogP contribution < -0.4 is 0 Å². The Morgan fingerprint density at radius 2 is 0.884 bits per heavy atom. The number of aromatic hydroxyl groups is 2. The zero-order valence-corrected chi connectivity index (χ0v) is 24.2. The first-order valence-corrected chi connectivity index (χ1v) is 14.5. The SMILES string of the molecule is COCc1cc(Cc2c3ccccc3c(-c3cc(COC)c(O)c4ccccc34)c3ccccc23)c2ccccc2c1O. The highest BCUT2D eigenvalue weighted by Gasteiger charge is 2.21. The monoisotopic (exact) mass is 564 g/mol. The molecule has 0 unspecified atom stereocenters. The zero-order valence-electron chi connectivity index (χ0n) is 24.2. The van der Waals surface area contributed by atoms with Crippen molar-refractivity contribution in [2.45, 2.75) is 19.6 Å². The molecule has 2 N–H and O–H groups in total. The van der Waals surface area contributed by atoms with Gasteiger partial charge in [-0.1, -0.05) is 97.1 Å². The Bertz CT molecular complexity index is 2110. The van der Waals surface area contributed by atoms with E-state index in [9.17, 15) is 10.2 Å². The fraction of sp³-hybridized carbons (Fsp3) is 0.128. The van der Waals surface area contributed by atoms with Crippen LogP contribution in [0.2, 0.25) is 0 Å². The molecular weight excluding hydrogens is 532 g/mol. The van der Waals surface area contributed by atoms with Gasteiger partial charge in [0.2, 0.25) is 0 Å². The van der Waals surface area contributed by atoms with Gasteiger partial charge < -0.3 is 19.7 Å². The van der Waals surface area contributed by atoms with E-state index in [1.807, 2.05) is 36.4 Å². The van der Waals surface area contributed by atoms with Gasteiger partial charge in [0.05, 0.1) is 13.2 Å². The number of benzene rings is 7. The van der Waals surface area contributed by atoms with Crippen molar-refractivity contribution in [2.75, 3.05) is 14.2 Å². The lowest BCUT2D eigenvalue weighted by atomic mass is 9.83. The van der Waals surface area contributed by atoms with Gasteiger partial charge in [-0.2, -0.15) is 0 Å². The van der Waals surface area contributed by atoms with Crippen LogP contribution in [0.1, 0.15) is 22.3 Å². The third-order valence-corrected chi connectivity index (χ3v) is 8.56. The molecule has 0 radical (unpaired) electrons. The Balaban J connectivity index is 1.56. The fourth-order valence-corrected chi connectivity index (χ4v) is 6.69. The van der Waals surface area contributed by atoms with E-state index in [1.54, 1.807) is 14.2 Å². The van der Waals surface area contributed by atoms with Gasteiger partial charge in [0.25, 0.3) is 0 Å². The van der Waals surface area contributed by atoms with Crippen LogP contribution in [-0.4, -0.2) is 24.4 Å². The van der Waals surface area contributed by atoms with Crippen molar-refractivity contribution in [1.82, 2.24) is 0 Å². The molecule has 212 valence electrons. The van der Waals surface area contributed by atoms with Gasteiger partial charge in [-0.05, 0) is 73.1 Å². The standard InChI is InChI=1S/C39H32O4/c1-42-22-25-19-24(27-11-3-9-17-33(27)38(25)40)20-35-28-12-4-7-15-31(28)37(32-16-8-5-13-29(32)35)36-21-26(23-43-2)39(41)34-18-10-6-14-30(34)36/h3-19,21,40-41H,20,22-23H2,1-2H3. The summed E-state index contributed by atoms with van der Waals surface area (Å²) in [5, 5.41) is 30.5. The molecule has 0 bridgehead atoms. The Labute approximate surface area is 250 Å². The first kappa shape index (κ1) is 27.0. The van der Waals surface area contributed by atoms with Gasteiger partial charge in [-0.15, -0.1) is 0 Å². The summed E-state index contributed by atoms with van der Waals surface area (Å²) in [5.74, 6) is 0.537. The predicted molar refractivity (Wildman–Crippen MR) is 176 cm³/mol. The van der Waals surface area contributed by atoms with Crippen LogP contribution in [0.15, 0.2) is 109 Å². The summed E-state index contributed by atoms with van der Waals surface area (Å²) in [6.45, 7) is 0.650. The third kappa shape index (κ3) is 4.47. The van der Waals surface area contributed by atoms with Crippen LogP contribution in [0, 0.1) is 0 Å². The average molecular weight is 565 g/mol. The summed E-state index contributed by atoms with van der Waals surface area (Å²) in [6.07, 6.45) is 0.685. The topological polar surface area (TPSA) is 58.9 Å². The van der Waals surface area contributed by atoms with E-state index in [0.29, 0.717) is 19.6 Å². The third-order valence-electron chi connectivity index (χ3n) is 8.56. The molecule has 7 aromatic carbocycles. The molecule has 0 atom stereocenters. The van der Waals surface area contributed by atoms with Gasteiger partial charge in [-0.25, -0.2) is 0 Å². The molecule has 0 aliphatic carbocycles. The number of hydrogen-bond acceptors (Lipinski definition) is 4. The molecule has 43 heavy (non-hydrogen) atoms. The second-order valence-corrected chi connectivity index (χ2v) is 11.1. The van der Waals surface area contributed by atoms with Crippen molar-refractivity contribution in [2.24, 2.45) is 0 Å². The number of fused-ring (bicyclic) bond motifs is 4. The van der Waals surface area contributed by atoms with Crippen molar-refractivity contribution in [3.8, 4) is 22.6 Å². The number of methoxy groups -OCH3 is 2. The Hall–Kier alpha value is -4.90. The summed E-state index contributed by atoms with van der Waals surface area (Å²) >= 11 is 0. The molecule has 0 spiro atoms. The fourth-order valence-electron chi connectivity index (χ4n) is 6.69. The quantitative estimate of drug-likeness (QED) is 0.189. The van der Waals surface area contributed by atoms with E-state index in [1.165, 1.54) is 16.3 Å². The van der Waals surface area contributed by atoms with Crippen molar-refractivity contribution in [3.63, 3.8) is 0 Å². The van der Waals surface area contributed by atoms with Crippen LogP contribution in [0.25, 0.3) is 54.2 Å². The van der Waals surface area contributed by atoms with Gasteiger partial charge in [-0.3, -0.25) is 0 Å². The largest absolute Gasteiger partial charge is 0.507 e. The van der Waals surface area contributed by atoms with Crippen LogP contribution >= 0.6 is 0 Å². The van der Waals surface area contributed by atoms with Crippen molar-refractivity contribution >= 4 is 43.1 Å². The second-order valence-electron chi connectivity index (χ2n) is 11.1. The summed E-state index contributed by atoms with van der Waals surface area (Å²) in [4.78, 5) is 0. The van der Waals surface area contributed by atoms with Crippen molar-refractivity contribution in [1.29, 1.82) is 0 Å². The highest BCUT2D eigenvalue weighted by Crippen LogP contribution is 2.45. The molecule has 0 aliphatic heterocycles. The highest BCUT2D eigenvalue weighted by molar-refractivity contribution is 6.19. The molecule has 7 aromatic rings. The number of phenolic OH excluding ortho intramolecular Hbond substituents is 2. The van der Waals surface area contributed by atoms with E-state index in [-0.39, 0.29) is 11.5 Å². The maximum Gasteiger partial charge on any atom is 0.128 e. The van der Waals surface area contributed by atoms with E-state index in [0.717, 1.165) is 60.1 Å². The molecule has 4 nitrogen and oxygen atoms in total. The van der Waals surface area contributed by atoms with E-state index in [4.69, 9.17) is 9.47 Å². The number of phenols is 2. The molecular formula is C39H32O4. The normalized spacial score (nSPS) is 11.7. The summed E-state index contributed by atoms with van der Waals surface area (Å²) in [6, 6.07) is 37.4. The molecule has 0 aliphatic rings. The molecule has 4 heteroatoms. The molecule has 0 aromatic heterocycles. The van der Waals surface area contributed by atoms with E-state index < -0.39 is 0 Å². The van der Waals surface area contributed by atoms with Crippen LogP contribution in [0.4, 0.5) is 0 Å². The second kappa shape index (κ2) is 11.1. The summed E-state index contributed by atoms with van der Waals surface area (Å²) in [5.41, 5.74) is 6.11. The lowest BCUT2D eigenvalue weighted by Crippen LogP contribution is -1.99.